The van der Waals surface area contributed by atoms with Gasteiger partial charge < -0.3 is 10.4 Å². The molecule has 0 aliphatic heterocycles. The lowest BCUT2D eigenvalue weighted by atomic mass is 10.1. The molecule has 0 aliphatic carbocycles. The smallest absolute Gasteiger partial charge is 0.0524 e. The minimum atomic E-state index is -0.229. The Morgan fingerprint density at radius 1 is 1.40 bits per heavy atom. The highest BCUT2D eigenvalue weighted by molar-refractivity contribution is 9.10. The molecule has 1 aromatic carbocycles. The largest absolute Gasteiger partial charge is 0.393 e. The van der Waals surface area contributed by atoms with E-state index in [1.807, 2.05) is 19.1 Å². The molecule has 0 spiro atoms. The van der Waals surface area contributed by atoms with Crippen LogP contribution in [0.1, 0.15) is 31.9 Å². The third-order valence-corrected chi connectivity index (χ3v) is 2.85. The van der Waals surface area contributed by atoms with E-state index in [1.165, 1.54) is 5.56 Å². The van der Waals surface area contributed by atoms with Gasteiger partial charge in [-0.05, 0) is 44.5 Å². The number of aliphatic hydroxyl groups excluding tert-OH is 1. The molecule has 1 aromatic rings. The summed E-state index contributed by atoms with van der Waals surface area (Å²) < 4.78 is 1.10. The van der Waals surface area contributed by atoms with Crippen molar-refractivity contribution >= 4 is 15.9 Å². The minimum absolute atomic E-state index is 0.229. The van der Waals surface area contributed by atoms with Gasteiger partial charge in [0.05, 0.1) is 6.10 Å². The molecule has 0 radical (unpaired) electrons. The minimum Gasteiger partial charge on any atom is -0.393 e. The first kappa shape index (κ1) is 12.7. The molecule has 2 nitrogen and oxygen atoms in total. The highest BCUT2D eigenvalue weighted by Gasteiger charge is 2.05. The van der Waals surface area contributed by atoms with E-state index in [1.54, 1.807) is 0 Å². The van der Waals surface area contributed by atoms with E-state index in [0.29, 0.717) is 6.04 Å². The lowest BCUT2D eigenvalue weighted by Gasteiger charge is -2.15. The Morgan fingerprint density at radius 3 is 2.73 bits per heavy atom. The van der Waals surface area contributed by atoms with Crippen molar-refractivity contribution in [2.75, 3.05) is 6.54 Å². The first-order valence-electron chi connectivity index (χ1n) is 5.26. The van der Waals surface area contributed by atoms with E-state index in [9.17, 15) is 0 Å². The van der Waals surface area contributed by atoms with Gasteiger partial charge in [-0.25, -0.2) is 0 Å². The van der Waals surface area contributed by atoms with Crippen LogP contribution in [0, 0.1) is 0 Å². The molecule has 0 aliphatic rings. The molecule has 0 bridgehead atoms. The van der Waals surface area contributed by atoms with Crippen LogP contribution >= 0.6 is 15.9 Å². The Kier molecular flexibility index (Phi) is 5.29. The van der Waals surface area contributed by atoms with Crippen molar-refractivity contribution in [2.45, 2.75) is 32.4 Å². The van der Waals surface area contributed by atoms with Crippen molar-refractivity contribution in [2.24, 2.45) is 0 Å². The molecule has 3 heteroatoms. The summed E-state index contributed by atoms with van der Waals surface area (Å²) in [7, 11) is 0. The van der Waals surface area contributed by atoms with Crippen LogP contribution in [-0.4, -0.2) is 17.8 Å². The van der Waals surface area contributed by atoms with Crippen LogP contribution in [0.5, 0.6) is 0 Å². The predicted octanol–water partition coefficient (Wildman–Crippen LogP) is 2.87. The fourth-order valence-electron chi connectivity index (χ4n) is 1.40. The van der Waals surface area contributed by atoms with E-state index in [4.69, 9.17) is 5.11 Å². The maximum atomic E-state index is 9.13. The zero-order valence-corrected chi connectivity index (χ0v) is 10.8. The molecule has 0 heterocycles. The normalized spacial score (nSPS) is 14.9. The fraction of sp³-hybridized carbons (Fsp3) is 0.500. The second kappa shape index (κ2) is 6.26. The highest BCUT2D eigenvalue weighted by atomic mass is 79.9. The number of aliphatic hydroxyl groups is 1. The molecule has 15 heavy (non-hydrogen) atoms. The molecule has 2 atom stereocenters. The van der Waals surface area contributed by atoms with Gasteiger partial charge in [0.15, 0.2) is 0 Å². The van der Waals surface area contributed by atoms with E-state index in [-0.39, 0.29) is 6.10 Å². The van der Waals surface area contributed by atoms with Crippen LogP contribution in [0.15, 0.2) is 28.7 Å². The molecule has 0 saturated carbocycles. The molecule has 0 fully saturated rings. The van der Waals surface area contributed by atoms with Crippen LogP contribution in [-0.2, 0) is 0 Å². The van der Waals surface area contributed by atoms with Crippen LogP contribution in [0.4, 0.5) is 0 Å². The van der Waals surface area contributed by atoms with Gasteiger partial charge in [0.2, 0.25) is 0 Å². The third kappa shape index (κ3) is 4.78. The summed E-state index contributed by atoms with van der Waals surface area (Å²) in [6.45, 7) is 4.78. The maximum absolute atomic E-state index is 9.13. The Balaban J connectivity index is 2.43. The monoisotopic (exact) mass is 271 g/mol. The number of benzene rings is 1. The Labute approximate surface area is 99.8 Å². The van der Waals surface area contributed by atoms with Gasteiger partial charge in [0.25, 0.3) is 0 Å². The third-order valence-electron chi connectivity index (χ3n) is 2.36. The summed E-state index contributed by atoms with van der Waals surface area (Å²) >= 11 is 3.45. The summed E-state index contributed by atoms with van der Waals surface area (Å²) in [5.41, 5.74) is 1.26. The van der Waals surface area contributed by atoms with Gasteiger partial charge in [-0.15, -0.1) is 0 Å². The molecular weight excluding hydrogens is 254 g/mol. The Bertz CT molecular complexity index is 301. The van der Waals surface area contributed by atoms with Crippen LogP contribution in [0.25, 0.3) is 0 Å². The molecular formula is C12H18BrNO. The predicted molar refractivity (Wildman–Crippen MR) is 66.9 cm³/mol. The topological polar surface area (TPSA) is 32.3 Å². The van der Waals surface area contributed by atoms with E-state index < -0.39 is 0 Å². The molecule has 84 valence electrons. The van der Waals surface area contributed by atoms with Crippen LogP contribution < -0.4 is 5.32 Å². The van der Waals surface area contributed by atoms with Gasteiger partial charge in [0, 0.05) is 10.5 Å². The van der Waals surface area contributed by atoms with Crippen molar-refractivity contribution in [3.63, 3.8) is 0 Å². The van der Waals surface area contributed by atoms with Crippen LogP contribution in [0.3, 0.4) is 0 Å². The van der Waals surface area contributed by atoms with Crippen molar-refractivity contribution in [1.82, 2.24) is 5.32 Å². The number of rotatable bonds is 5. The van der Waals surface area contributed by atoms with Gasteiger partial charge >= 0.3 is 0 Å². The summed E-state index contributed by atoms with van der Waals surface area (Å²) in [5.74, 6) is 0. The van der Waals surface area contributed by atoms with Gasteiger partial charge in [-0.1, -0.05) is 28.1 Å². The van der Waals surface area contributed by atoms with E-state index in [0.717, 1.165) is 17.4 Å². The first-order chi connectivity index (χ1) is 7.09. The van der Waals surface area contributed by atoms with E-state index in [2.05, 4.69) is 40.3 Å². The second-order valence-corrected chi connectivity index (χ2v) is 4.78. The lowest BCUT2D eigenvalue weighted by Crippen LogP contribution is -2.22. The van der Waals surface area contributed by atoms with E-state index >= 15 is 0 Å². The standard InChI is InChI=1S/C12H18BrNO/c1-9(15)6-7-14-10(2)11-4-3-5-12(13)8-11/h3-5,8-10,14-15H,6-7H2,1-2H3. The van der Waals surface area contributed by atoms with Crippen molar-refractivity contribution in [3.05, 3.63) is 34.3 Å². The molecule has 2 N–H and O–H groups in total. The molecule has 0 aromatic heterocycles. The Morgan fingerprint density at radius 2 is 2.13 bits per heavy atom. The molecule has 2 unspecified atom stereocenters. The zero-order chi connectivity index (χ0) is 11.3. The van der Waals surface area contributed by atoms with Crippen molar-refractivity contribution < 1.29 is 5.11 Å². The maximum Gasteiger partial charge on any atom is 0.0524 e. The average Bonchev–Trinajstić information content (AvgIpc) is 2.17. The number of nitrogens with one attached hydrogen (secondary N) is 1. The Hall–Kier alpha value is -0.380. The molecule has 0 saturated heterocycles. The summed E-state index contributed by atoms with van der Waals surface area (Å²) in [5, 5.41) is 12.5. The van der Waals surface area contributed by atoms with Crippen LogP contribution in [0.2, 0.25) is 0 Å². The van der Waals surface area contributed by atoms with Crippen molar-refractivity contribution in [3.8, 4) is 0 Å². The second-order valence-electron chi connectivity index (χ2n) is 3.87. The highest BCUT2D eigenvalue weighted by Crippen LogP contribution is 2.17. The summed E-state index contributed by atoms with van der Waals surface area (Å²) in [4.78, 5) is 0. The fourth-order valence-corrected chi connectivity index (χ4v) is 1.82. The molecule has 0 amide bonds. The summed E-state index contributed by atoms with van der Waals surface area (Å²) in [6, 6.07) is 8.59. The van der Waals surface area contributed by atoms with Crippen molar-refractivity contribution in [1.29, 1.82) is 0 Å². The SMILES string of the molecule is CC(O)CCNC(C)c1cccc(Br)c1. The number of halogens is 1. The average molecular weight is 272 g/mol. The quantitative estimate of drug-likeness (QED) is 0.863. The lowest BCUT2D eigenvalue weighted by molar-refractivity contribution is 0.182. The first-order valence-corrected chi connectivity index (χ1v) is 6.06. The van der Waals surface area contributed by atoms with Gasteiger partial charge in [0.1, 0.15) is 0 Å². The number of hydrogen-bond acceptors (Lipinski definition) is 2. The summed E-state index contributed by atoms with van der Waals surface area (Å²) in [6.07, 6.45) is 0.561. The number of hydrogen-bond donors (Lipinski definition) is 2. The van der Waals surface area contributed by atoms with Gasteiger partial charge in [-0.3, -0.25) is 0 Å². The van der Waals surface area contributed by atoms with Gasteiger partial charge in [-0.2, -0.15) is 0 Å². The zero-order valence-electron chi connectivity index (χ0n) is 9.20. The molecule has 1 rings (SSSR count).